The zero-order valence-electron chi connectivity index (χ0n) is 16.2. The van der Waals surface area contributed by atoms with Crippen molar-refractivity contribution in [1.82, 2.24) is 15.5 Å². The average Bonchev–Trinajstić information content (AvgIpc) is 3.22. The summed E-state index contributed by atoms with van der Waals surface area (Å²) in [5.74, 6) is 1.56. The van der Waals surface area contributed by atoms with E-state index in [0.29, 0.717) is 23.9 Å². The molecule has 3 unspecified atom stereocenters. The number of amides is 1. The molecule has 2 aliphatic heterocycles. The van der Waals surface area contributed by atoms with E-state index < -0.39 is 0 Å². The Morgan fingerprint density at radius 2 is 1.96 bits per heavy atom. The second kappa shape index (κ2) is 9.18. The number of carbonyl (C=O) groups excluding carboxylic acids is 1. The van der Waals surface area contributed by atoms with Crippen molar-refractivity contribution in [1.29, 1.82) is 0 Å². The summed E-state index contributed by atoms with van der Waals surface area (Å²) in [5, 5.41) is 7.53. The molecule has 2 saturated heterocycles. The fourth-order valence-electron chi connectivity index (χ4n) is 5.01. The van der Waals surface area contributed by atoms with Gasteiger partial charge in [0.15, 0.2) is 0 Å². The second-order valence-corrected chi connectivity index (χ2v) is 8.35. The van der Waals surface area contributed by atoms with Gasteiger partial charge in [0, 0.05) is 37.3 Å². The Bertz CT molecular complexity index is 595. The molecule has 0 aromatic heterocycles. The molecular weight excluding hydrogens is 338 g/mol. The highest BCUT2D eigenvalue weighted by Crippen LogP contribution is 2.30. The maximum atomic E-state index is 12.6. The average molecular weight is 372 g/mol. The van der Waals surface area contributed by atoms with Crippen LogP contribution in [0.15, 0.2) is 30.3 Å². The van der Waals surface area contributed by atoms with Crippen LogP contribution in [0, 0.1) is 11.8 Å². The van der Waals surface area contributed by atoms with E-state index in [-0.39, 0.29) is 5.91 Å². The van der Waals surface area contributed by atoms with Crippen LogP contribution in [-0.2, 0) is 4.74 Å². The Balaban J connectivity index is 1.22. The first-order chi connectivity index (χ1) is 13.3. The molecule has 1 aromatic carbocycles. The van der Waals surface area contributed by atoms with Gasteiger partial charge in [-0.1, -0.05) is 24.6 Å². The third-order valence-corrected chi connectivity index (χ3v) is 6.63. The van der Waals surface area contributed by atoms with E-state index >= 15 is 0 Å². The first kappa shape index (κ1) is 18.9. The molecule has 3 aliphatic rings. The SMILES string of the molecule is O=C(c1ccccc1)N1CCC(CNC2CCCC2C2COCCN2)CC1. The number of morpholine rings is 1. The monoisotopic (exact) mass is 371 g/mol. The highest BCUT2D eigenvalue weighted by molar-refractivity contribution is 5.94. The van der Waals surface area contributed by atoms with Crippen molar-refractivity contribution < 1.29 is 9.53 Å². The van der Waals surface area contributed by atoms with E-state index in [4.69, 9.17) is 4.74 Å². The summed E-state index contributed by atoms with van der Waals surface area (Å²) in [6.45, 7) is 5.55. The van der Waals surface area contributed by atoms with Crippen molar-refractivity contribution in [2.75, 3.05) is 39.4 Å². The van der Waals surface area contributed by atoms with Gasteiger partial charge in [-0.3, -0.25) is 4.79 Å². The van der Waals surface area contributed by atoms with Crippen molar-refractivity contribution in [3.8, 4) is 0 Å². The van der Waals surface area contributed by atoms with Crippen LogP contribution < -0.4 is 10.6 Å². The fraction of sp³-hybridized carbons (Fsp3) is 0.682. The van der Waals surface area contributed by atoms with Gasteiger partial charge in [-0.05, 0) is 56.2 Å². The van der Waals surface area contributed by atoms with Crippen molar-refractivity contribution in [3.05, 3.63) is 35.9 Å². The quantitative estimate of drug-likeness (QED) is 0.834. The summed E-state index contributed by atoms with van der Waals surface area (Å²) >= 11 is 0. The summed E-state index contributed by atoms with van der Waals surface area (Å²) < 4.78 is 5.68. The molecule has 0 spiro atoms. The Labute approximate surface area is 162 Å². The molecule has 1 amide bonds. The molecule has 148 valence electrons. The Kier molecular flexibility index (Phi) is 6.43. The second-order valence-electron chi connectivity index (χ2n) is 8.35. The largest absolute Gasteiger partial charge is 0.379 e. The minimum atomic E-state index is 0.182. The van der Waals surface area contributed by atoms with E-state index in [1.54, 1.807) is 0 Å². The van der Waals surface area contributed by atoms with Crippen LogP contribution >= 0.6 is 0 Å². The number of piperidine rings is 1. The number of carbonyl (C=O) groups is 1. The lowest BCUT2D eigenvalue weighted by Crippen LogP contribution is -2.51. The summed E-state index contributed by atoms with van der Waals surface area (Å²) in [7, 11) is 0. The summed E-state index contributed by atoms with van der Waals surface area (Å²) in [6.07, 6.45) is 6.13. The molecule has 3 atom stereocenters. The minimum absolute atomic E-state index is 0.182. The molecule has 2 N–H and O–H groups in total. The normalized spacial score (nSPS) is 29.8. The van der Waals surface area contributed by atoms with Crippen molar-refractivity contribution >= 4 is 5.91 Å². The minimum Gasteiger partial charge on any atom is -0.379 e. The summed E-state index contributed by atoms with van der Waals surface area (Å²) in [4.78, 5) is 14.6. The highest BCUT2D eigenvalue weighted by atomic mass is 16.5. The number of benzene rings is 1. The Morgan fingerprint density at radius 3 is 2.70 bits per heavy atom. The number of likely N-dealkylation sites (tertiary alicyclic amines) is 1. The van der Waals surface area contributed by atoms with E-state index in [1.165, 1.54) is 19.3 Å². The zero-order valence-corrected chi connectivity index (χ0v) is 16.2. The van der Waals surface area contributed by atoms with Crippen LogP contribution in [0.1, 0.15) is 42.5 Å². The molecular formula is C22H33N3O2. The van der Waals surface area contributed by atoms with Crippen LogP contribution in [0.2, 0.25) is 0 Å². The number of nitrogens with one attached hydrogen (secondary N) is 2. The van der Waals surface area contributed by atoms with Gasteiger partial charge >= 0.3 is 0 Å². The van der Waals surface area contributed by atoms with E-state index in [0.717, 1.165) is 57.8 Å². The first-order valence-corrected chi connectivity index (χ1v) is 10.7. The van der Waals surface area contributed by atoms with Crippen LogP contribution in [0.25, 0.3) is 0 Å². The standard InChI is InChI=1S/C22H33N3O2/c26-22(18-5-2-1-3-6-18)25-12-9-17(10-13-25)15-24-20-8-4-7-19(20)21-16-27-14-11-23-21/h1-3,5-6,17,19-21,23-24H,4,7-16H2. The Hall–Kier alpha value is -1.43. The van der Waals surface area contributed by atoms with Crippen LogP contribution in [-0.4, -0.2) is 62.3 Å². The molecule has 5 heteroatoms. The van der Waals surface area contributed by atoms with Crippen LogP contribution in [0.3, 0.4) is 0 Å². The predicted octanol–water partition coefficient (Wildman–Crippen LogP) is 2.29. The lowest BCUT2D eigenvalue weighted by Gasteiger charge is -2.35. The topological polar surface area (TPSA) is 53.6 Å². The van der Waals surface area contributed by atoms with E-state index in [2.05, 4.69) is 10.6 Å². The summed E-state index contributed by atoms with van der Waals surface area (Å²) in [5.41, 5.74) is 0.810. The van der Waals surface area contributed by atoms with Gasteiger partial charge in [0.05, 0.1) is 13.2 Å². The van der Waals surface area contributed by atoms with Crippen LogP contribution in [0.4, 0.5) is 0 Å². The molecule has 0 radical (unpaired) electrons. The molecule has 27 heavy (non-hydrogen) atoms. The van der Waals surface area contributed by atoms with Crippen LogP contribution in [0.5, 0.6) is 0 Å². The smallest absolute Gasteiger partial charge is 0.253 e. The van der Waals surface area contributed by atoms with E-state index in [9.17, 15) is 4.79 Å². The molecule has 1 aromatic rings. The van der Waals surface area contributed by atoms with Gasteiger partial charge in [-0.25, -0.2) is 0 Å². The number of nitrogens with zero attached hydrogens (tertiary/aromatic N) is 1. The maximum Gasteiger partial charge on any atom is 0.253 e. The first-order valence-electron chi connectivity index (χ1n) is 10.7. The molecule has 3 fully saturated rings. The zero-order chi connectivity index (χ0) is 18.5. The molecule has 1 saturated carbocycles. The van der Waals surface area contributed by atoms with Gasteiger partial charge in [-0.15, -0.1) is 0 Å². The number of rotatable bonds is 5. The molecule has 1 aliphatic carbocycles. The highest BCUT2D eigenvalue weighted by Gasteiger charge is 2.35. The summed E-state index contributed by atoms with van der Waals surface area (Å²) in [6, 6.07) is 10.8. The maximum absolute atomic E-state index is 12.6. The third-order valence-electron chi connectivity index (χ3n) is 6.63. The molecule has 0 bridgehead atoms. The number of ether oxygens (including phenoxy) is 1. The number of hydrogen-bond acceptors (Lipinski definition) is 4. The lowest BCUT2D eigenvalue weighted by molar-refractivity contribution is 0.0517. The molecule has 4 rings (SSSR count). The molecule has 2 heterocycles. The van der Waals surface area contributed by atoms with Crippen molar-refractivity contribution in [2.24, 2.45) is 11.8 Å². The lowest BCUT2D eigenvalue weighted by atomic mass is 9.92. The van der Waals surface area contributed by atoms with Gasteiger partial charge in [-0.2, -0.15) is 0 Å². The van der Waals surface area contributed by atoms with Gasteiger partial charge in [0.2, 0.25) is 0 Å². The number of hydrogen-bond donors (Lipinski definition) is 2. The van der Waals surface area contributed by atoms with Gasteiger partial charge in [0.25, 0.3) is 5.91 Å². The Morgan fingerprint density at radius 1 is 1.15 bits per heavy atom. The molecule has 5 nitrogen and oxygen atoms in total. The van der Waals surface area contributed by atoms with Crippen molar-refractivity contribution in [2.45, 2.75) is 44.2 Å². The van der Waals surface area contributed by atoms with Gasteiger partial charge in [0.1, 0.15) is 0 Å². The fourth-order valence-corrected chi connectivity index (χ4v) is 5.01. The van der Waals surface area contributed by atoms with Gasteiger partial charge < -0.3 is 20.3 Å². The van der Waals surface area contributed by atoms with Crippen molar-refractivity contribution in [3.63, 3.8) is 0 Å². The third kappa shape index (κ3) is 4.71. The predicted molar refractivity (Wildman–Crippen MR) is 107 cm³/mol. The van der Waals surface area contributed by atoms with E-state index in [1.807, 2.05) is 35.2 Å².